The van der Waals surface area contributed by atoms with Gasteiger partial charge in [-0.25, -0.2) is 4.79 Å². The Balaban J connectivity index is 3.46. The van der Waals surface area contributed by atoms with Crippen LogP contribution in [0.15, 0.2) is 0 Å². The Morgan fingerprint density at radius 3 is 2.83 bits per heavy atom. The first-order chi connectivity index (χ1) is 5.70. The summed E-state index contributed by atoms with van der Waals surface area (Å²) in [4.78, 5) is 10.4. The van der Waals surface area contributed by atoms with Crippen LogP contribution in [0.5, 0.6) is 0 Å². The molecule has 0 heterocycles. The van der Waals surface area contributed by atoms with Gasteiger partial charge >= 0.3 is 6.03 Å². The maximum atomic E-state index is 10.4. The van der Waals surface area contributed by atoms with Crippen molar-refractivity contribution in [3.63, 3.8) is 0 Å². The van der Waals surface area contributed by atoms with E-state index in [1.165, 1.54) is 0 Å². The van der Waals surface area contributed by atoms with Crippen molar-refractivity contribution in [3.05, 3.63) is 0 Å². The average Bonchev–Trinajstić information content (AvgIpc) is 2.02. The van der Waals surface area contributed by atoms with Gasteiger partial charge in [0.2, 0.25) is 0 Å². The Kier molecular flexibility index (Phi) is 7.53. The Hall–Kier alpha value is -0.0700. The van der Waals surface area contributed by atoms with Crippen LogP contribution in [0.3, 0.4) is 0 Å². The standard InChI is InChI=1S/C6H14N2O2S2/c1-11-4-12-3-5(2-9)8-6(7)10/h5,9H,2-4H2,1H3,(H3,7,8,10)/t5-/m1/s1. The van der Waals surface area contributed by atoms with Crippen molar-refractivity contribution in [2.24, 2.45) is 5.73 Å². The third-order valence-electron chi connectivity index (χ3n) is 1.09. The number of carbonyl (C=O) groups is 1. The maximum absolute atomic E-state index is 10.4. The highest BCUT2D eigenvalue weighted by Crippen LogP contribution is 2.09. The molecule has 0 bridgehead atoms. The molecule has 0 saturated carbocycles. The molecule has 0 radical (unpaired) electrons. The molecule has 0 aliphatic rings. The zero-order valence-electron chi connectivity index (χ0n) is 6.95. The lowest BCUT2D eigenvalue weighted by Gasteiger charge is -2.13. The van der Waals surface area contributed by atoms with E-state index in [0.29, 0.717) is 5.75 Å². The number of thioether (sulfide) groups is 2. The van der Waals surface area contributed by atoms with E-state index in [4.69, 9.17) is 10.8 Å². The van der Waals surface area contributed by atoms with Gasteiger partial charge < -0.3 is 16.2 Å². The largest absolute Gasteiger partial charge is 0.394 e. The fraction of sp³-hybridized carbons (Fsp3) is 0.833. The van der Waals surface area contributed by atoms with Crippen LogP contribution in [0.1, 0.15) is 0 Å². The molecule has 2 amide bonds. The Labute approximate surface area is 80.7 Å². The number of urea groups is 1. The number of primary amides is 1. The van der Waals surface area contributed by atoms with E-state index < -0.39 is 6.03 Å². The number of nitrogens with one attached hydrogen (secondary N) is 1. The van der Waals surface area contributed by atoms with Crippen LogP contribution in [0.4, 0.5) is 4.79 Å². The van der Waals surface area contributed by atoms with Crippen LogP contribution in [0.25, 0.3) is 0 Å². The van der Waals surface area contributed by atoms with Crippen LogP contribution in [-0.4, -0.2) is 40.9 Å². The van der Waals surface area contributed by atoms with Crippen molar-refractivity contribution >= 4 is 29.6 Å². The van der Waals surface area contributed by atoms with Crippen molar-refractivity contribution < 1.29 is 9.90 Å². The zero-order chi connectivity index (χ0) is 9.40. The summed E-state index contributed by atoms with van der Waals surface area (Å²) in [5, 5.41) is 12.2. The molecule has 0 spiro atoms. The Morgan fingerprint density at radius 2 is 2.42 bits per heavy atom. The number of rotatable bonds is 6. The van der Waals surface area contributed by atoms with Crippen LogP contribution < -0.4 is 11.1 Å². The van der Waals surface area contributed by atoms with Gasteiger partial charge in [0.05, 0.1) is 12.6 Å². The minimum absolute atomic E-state index is 0.0652. The highest BCUT2D eigenvalue weighted by atomic mass is 32.2. The van der Waals surface area contributed by atoms with Crippen molar-refractivity contribution in [1.29, 1.82) is 0 Å². The molecule has 0 aromatic heterocycles. The van der Waals surface area contributed by atoms with Gasteiger partial charge in [-0.05, 0) is 6.26 Å². The number of amides is 2. The van der Waals surface area contributed by atoms with E-state index in [-0.39, 0.29) is 12.6 Å². The topological polar surface area (TPSA) is 75.3 Å². The molecule has 4 N–H and O–H groups in total. The fourth-order valence-corrected chi connectivity index (χ4v) is 2.14. The predicted molar refractivity (Wildman–Crippen MR) is 54.4 cm³/mol. The summed E-state index contributed by atoms with van der Waals surface area (Å²) in [5.41, 5.74) is 4.90. The molecule has 0 aromatic rings. The molecule has 0 aliphatic carbocycles. The average molecular weight is 210 g/mol. The summed E-state index contributed by atoms with van der Waals surface area (Å²) >= 11 is 3.37. The van der Waals surface area contributed by atoms with E-state index in [0.717, 1.165) is 5.08 Å². The van der Waals surface area contributed by atoms with Gasteiger partial charge in [-0.15, -0.1) is 11.8 Å². The molecule has 0 rings (SSSR count). The lowest BCUT2D eigenvalue weighted by Crippen LogP contribution is -2.42. The number of aliphatic hydroxyl groups is 1. The fourth-order valence-electron chi connectivity index (χ4n) is 0.615. The van der Waals surface area contributed by atoms with E-state index in [1.807, 2.05) is 6.26 Å². The van der Waals surface area contributed by atoms with Gasteiger partial charge in [-0.2, -0.15) is 11.8 Å². The predicted octanol–water partition coefficient (Wildman–Crippen LogP) is 0.0693. The molecule has 12 heavy (non-hydrogen) atoms. The number of hydrogen-bond donors (Lipinski definition) is 3. The number of carbonyl (C=O) groups excluding carboxylic acids is 1. The minimum Gasteiger partial charge on any atom is -0.394 e. The molecule has 1 atom stereocenters. The molecule has 0 saturated heterocycles. The Morgan fingerprint density at radius 1 is 1.75 bits per heavy atom. The highest BCUT2D eigenvalue weighted by Gasteiger charge is 2.07. The summed E-state index contributed by atoms with van der Waals surface area (Å²) < 4.78 is 0. The maximum Gasteiger partial charge on any atom is 0.312 e. The first-order valence-corrected chi connectivity index (χ1v) is 5.99. The lowest BCUT2D eigenvalue weighted by atomic mass is 10.4. The summed E-state index contributed by atoms with van der Waals surface area (Å²) in [7, 11) is 0. The normalized spacial score (nSPS) is 12.5. The molecule has 0 fully saturated rings. The second-order valence-electron chi connectivity index (χ2n) is 2.17. The molecule has 0 aliphatic heterocycles. The molecular formula is C6H14N2O2S2. The van der Waals surface area contributed by atoms with E-state index >= 15 is 0 Å². The van der Waals surface area contributed by atoms with Gasteiger partial charge in [0.1, 0.15) is 0 Å². The molecule has 72 valence electrons. The summed E-state index contributed by atoms with van der Waals surface area (Å²) in [6, 6.07) is -0.807. The molecule has 4 nitrogen and oxygen atoms in total. The van der Waals surface area contributed by atoms with Crippen molar-refractivity contribution in [2.75, 3.05) is 23.7 Å². The smallest absolute Gasteiger partial charge is 0.312 e. The van der Waals surface area contributed by atoms with Crippen molar-refractivity contribution in [3.8, 4) is 0 Å². The number of aliphatic hydroxyl groups excluding tert-OH is 1. The van der Waals surface area contributed by atoms with E-state index in [9.17, 15) is 4.79 Å². The van der Waals surface area contributed by atoms with Crippen molar-refractivity contribution in [1.82, 2.24) is 5.32 Å². The third kappa shape index (κ3) is 6.63. The van der Waals surface area contributed by atoms with Gasteiger partial charge in [-0.3, -0.25) is 0 Å². The number of nitrogens with two attached hydrogens (primary N) is 1. The third-order valence-corrected chi connectivity index (χ3v) is 3.33. The zero-order valence-corrected chi connectivity index (χ0v) is 8.58. The summed E-state index contributed by atoms with van der Waals surface area (Å²) in [6.07, 6.45) is 2.00. The van der Waals surface area contributed by atoms with Gasteiger partial charge in [-0.1, -0.05) is 0 Å². The summed E-state index contributed by atoms with van der Waals surface area (Å²) in [6.45, 7) is -0.0652. The molecule has 0 aromatic carbocycles. The highest BCUT2D eigenvalue weighted by molar-refractivity contribution is 8.15. The number of hydrogen-bond acceptors (Lipinski definition) is 4. The second-order valence-corrected chi connectivity index (χ2v) is 4.43. The minimum atomic E-state index is -0.584. The molecular weight excluding hydrogens is 196 g/mol. The van der Waals surface area contributed by atoms with Crippen LogP contribution in [0.2, 0.25) is 0 Å². The lowest BCUT2D eigenvalue weighted by molar-refractivity contribution is 0.228. The van der Waals surface area contributed by atoms with Crippen LogP contribution >= 0.6 is 23.5 Å². The van der Waals surface area contributed by atoms with Gasteiger partial charge in [0.15, 0.2) is 0 Å². The first kappa shape index (κ1) is 11.9. The summed E-state index contributed by atoms with van der Waals surface area (Å²) in [5.74, 6) is 0.695. The van der Waals surface area contributed by atoms with Crippen LogP contribution in [0, 0.1) is 0 Å². The Bertz CT molecular complexity index is 135. The molecule has 6 heteroatoms. The van der Waals surface area contributed by atoms with Gasteiger partial charge in [0, 0.05) is 10.8 Å². The first-order valence-electron chi connectivity index (χ1n) is 3.44. The van der Waals surface area contributed by atoms with Crippen LogP contribution in [-0.2, 0) is 0 Å². The monoisotopic (exact) mass is 210 g/mol. The van der Waals surface area contributed by atoms with Crippen molar-refractivity contribution in [2.45, 2.75) is 6.04 Å². The second kappa shape index (κ2) is 7.57. The van der Waals surface area contributed by atoms with E-state index in [1.54, 1.807) is 23.5 Å². The SMILES string of the molecule is CSCSC[C@@H](CO)NC(N)=O. The van der Waals surface area contributed by atoms with E-state index in [2.05, 4.69) is 5.32 Å². The molecule has 0 unspecified atom stereocenters. The van der Waals surface area contributed by atoms with Gasteiger partial charge in [0.25, 0.3) is 0 Å². The quantitative estimate of drug-likeness (QED) is 0.428.